The first-order valence-electron chi connectivity index (χ1n) is 11.0. The lowest BCUT2D eigenvalue weighted by molar-refractivity contribution is -0.155. The number of hydroxylamine groups is 2. The molecule has 1 aliphatic heterocycles. The third-order valence-electron chi connectivity index (χ3n) is 5.84. The number of hydrogen-bond donors (Lipinski definition) is 2. The highest BCUT2D eigenvalue weighted by atomic mass is 16.5. The van der Waals surface area contributed by atoms with Gasteiger partial charge in [0.2, 0.25) is 18.2 Å². The van der Waals surface area contributed by atoms with Crippen LogP contribution in [-0.2, 0) is 19.2 Å². The molecular weight excluding hydrogens is 386 g/mol. The van der Waals surface area contributed by atoms with Crippen LogP contribution in [0.4, 0.5) is 0 Å². The SMILES string of the molecule is CCCCC[C@H](CN(O)C=O)C(=O)N[C@H](C(=O)N1CCC(C(C)=O)CC1)C(C)(C)C. The molecule has 0 spiro atoms. The van der Waals surface area contributed by atoms with E-state index in [4.69, 9.17) is 0 Å². The molecule has 2 N–H and O–H groups in total. The van der Waals surface area contributed by atoms with Crippen molar-refractivity contribution in [3.63, 3.8) is 0 Å². The Labute approximate surface area is 180 Å². The van der Waals surface area contributed by atoms with Gasteiger partial charge in [-0.2, -0.15) is 0 Å². The van der Waals surface area contributed by atoms with Gasteiger partial charge in [-0.3, -0.25) is 24.4 Å². The Bertz CT molecular complexity index is 594. The summed E-state index contributed by atoms with van der Waals surface area (Å²) >= 11 is 0. The zero-order valence-electron chi connectivity index (χ0n) is 19.1. The smallest absolute Gasteiger partial charge is 0.245 e. The highest BCUT2D eigenvalue weighted by Crippen LogP contribution is 2.25. The molecule has 1 fully saturated rings. The second-order valence-corrected chi connectivity index (χ2v) is 9.44. The number of piperidine rings is 1. The molecule has 3 amide bonds. The monoisotopic (exact) mass is 425 g/mol. The third-order valence-corrected chi connectivity index (χ3v) is 5.84. The van der Waals surface area contributed by atoms with Gasteiger partial charge in [-0.1, -0.05) is 47.0 Å². The first kappa shape index (κ1) is 26.1. The van der Waals surface area contributed by atoms with Crippen molar-refractivity contribution in [1.29, 1.82) is 0 Å². The molecule has 30 heavy (non-hydrogen) atoms. The molecule has 8 heteroatoms. The predicted octanol–water partition coefficient (Wildman–Crippen LogP) is 2.39. The fourth-order valence-corrected chi connectivity index (χ4v) is 3.81. The van der Waals surface area contributed by atoms with E-state index in [-0.39, 0.29) is 36.5 Å². The molecule has 0 aliphatic carbocycles. The number of ketones is 1. The summed E-state index contributed by atoms with van der Waals surface area (Å²) in [6.07, 6.45) is 4.83. The molecule has 0 saturated carbocycles. The van der Waals surface area contributed by atoms with E-state index >= 15 is 0 Å². The van der Waals surface area contributed by atoms with Crippen molar-refractivity contribution in [1.82, 2.24) is 15.3 Å². The summed E-state index contributed by atoms with van der Waals surface area (Å²) < 4.78 is 0. The first-order chi connectivity index (χ1) is 14.0. The van der Waals surface area contributed by atoms with Crippen molar-refractivity contribution in [3.8, 4) is 0 Å². The summed E-state index contributed by atoms with van der Waals surface area (Å²) in [4.78, 5) is 50.4. The van der Waals surface area contributed by atoms with E-state index < -0.39 is 17.4 Å². The van der Waals surface area contributed by atoms with Crippen LogP contribution < -0.4 is 5.32 Å². The van der Waals surface area contributed by atoms with Crippen molar-refractivity contribution >= 4 is 24.0 Å². The Morgan fingerprint density at radius 3 is 2.27 bits per heavy atom. The highest BCUT2D eigenvalue weighted by Gasteiger charge is 2.38. The van der Waals surface area contributed by atoms with Crippen molar-refractivity contribution in [2.24, 2.45) is 17.3 Å². The number of amides is 3. The van der Waals surface area contributed by atoms with E-state index in [1.165, 1.54) is 0 Å². The van der Waals surface area contributed by atoms with Gasteiger partial charge in [-0.15, -0.1) is 0 Å². The van der Waals surface area contributed by atoms with Gasteiger partial charge in [0.25, 0.3) is 0 Å². The van der Waals surface area contributed by atoms with Gasteiger partial charge >= 0.3 is 0 Å². The number of likely N-dealkylation sites (tertiary alicyclic amines) is 1. The average Bonchev–Trinajstić information content (AvgIpc) is 2.69. The minimum absolute atomic E-state index is 0.00134. The number of carbonyl (C=O) groups is 4. The topological polar surface area (TPSA) is 107 Å². The number of rotatable bonds is 11. The largest absolute Gasteiger partial charge is 0.344 e. The van der Waals surface area contributed by atoms with Crippen LogP contribution in [0.5, 0.6) is 0 Å². The van der Waals surface area contributed by atoms with Crippen LogP contribution >= 0.6 is 0 Å². The molecule has 172 valence electrons. The molecule has 0 aromatic rings. The Morgan fingerprint density at radius 2 is 1.80 bits per heavy atom. The lowest BCUT2D eigenvalue weighted by Gasteiger charge is -2.38. The number of nitrogens with one attached hydrogen (secondary N) is 1. The van der Waals surface area contributed by atoms with Crippen LogP contribution in [0.25, 0.3) is 0 Å². The minimum atomic E-state index is -0.726. The summed E-state index contributed by atoms with van der Waals surface area (Å²) in [5, 5.41) is 13.0. The fraction of sp³-hybridized carbons (Fsp3) is 0.818. The van der Waals surface area contributed by atoms with E-state index in [1.54, 1.807) is 11.8 Å². The van der Waals surface area contributed by atoms with Gasteiger partial charge in [0.05, 0.1) is 12.5 Å². The second-order valence-electron chi connectivity index (χ2n) is 9.44. The zero-order chi connectivity index (χ0) is 22.9. The molecule has 0 aromatic carbocycles. The van der Waals surface area contributed by atoms with Crippen LogP contribution in [0.15, 0.2) is 0 Å². The van der Waals surface area contributed by atoms with E-state index in [2.05, 4.69) is 12.2 Å². The van der Waals surface area contributed by atoms with Crippen molar-refractivity contribution in [2.75, 3.05) is 19.6 Å². The molecule has 1 heterocycles. The fourth-order valence-electron chi connectivity index (χ4n) is 3.81. The maximum atomic E-state index is 13.2. The summed E-state index contributed by atoms with van der Waals surface area (Å²) in [6.45, 7) is 10.2. The Morgan fingerprint density at radius 1 is 1.20 bits per heavy atom. The molecule has 0 aromatic heterocycles. The number of Topliss-reactive ketones (excluding diaryl/α,β-unsaturated/α-hetero) is 1. The van der Waals surface area contributed by atoms with Gasteiger partial charge in [-0.05, 0) is 31.6 Å². The summed E-state index contributed by atoms with van der Waals surface area (Å²) in [5.74, 6) is -0.923. The van der Waals surface area contributed by atoms with Gasteiger partial charge in [0.1, 0.15) is 11.8 Å². The molecule has 0 bridgehead atoms. The third kappa shape index (κ3) is 8.05. The standard InChI is InChI=1S/C22H39N3O5/c1-6-7-8-9-18(14-25(30)15-26)20(28)23-19(22(3,4)5)21(29)24-12-10-17(11-13-24)16(2)27/h15,17-19,30H,6-14H2,1-5H3,(H,23,28)/t18-,19-/m1/s1. The summed E-state index contributed by atoms with van der Waals surface area (Å²) in [7, 11) is 0. The number of nitrogens with zero attached hydrogens (tertiary/aromatic N) is 2. The Kier molecular flexibility index (Phi) is 10.5. The van der Waals surface area contributed by atoms with Crippen LogP contribution in [0.2, 0.25) is 0 Å². The number of unbranched alkanes of at least 4 members (excludes halogenated alkanes) is 2. The van der Waals surface area contributed by atoms with Crippen LogP contribution in [0.1, 0.15) is 73.1 Å². The lowest BCUT2D eigenvalue weighted by atomic mass is 9.84. The zero-order valence-corrected chi connectivity index (χ0v) is 19.1. The molecule has 2 atom stereocenters. The van der Waals surface area contributed by atoms with Crippen LogP contribution in [0.3, 0.4) is 0 Å². The van der Waals surface area contributed by atoms with Crippen molar-refractivity contribution in [3.05, 3.63) is 0 Å². The quantitative estimate of drug-likeness (QED) is 0.229. The normalized spacial score (nSPS) is 17.2. The maximum absolute atomic E-state index is 13.2. The van der Waals surface area contributed by atoms with E-state index in [1.807, 2.05) is 20.8 Å². The molecule has 0 unspecified atom stereocenters. The molecule has 1 aliphatic rings. The van der Waals surface area contributed by atoms with Gasteiger partial charge in [0, 0.05) is 19.0 Å². The van der Waals surface area contributed by atoms with Crippen molar-refractivity contribution < 1.29 is 24.4 Å². The summed E-state index contributed by atoms with van der Waals surface area (Å²) in [5.41, 5.74) is -0.512. The van der Waals surface area contributed by atoms with Gasteiger partial charge < -0.3 is 10.2 Å². The maximum Gasteiger partial charge on any atom is 0.245 e. The Balaban J connectivity index is 2.88. The average molecular weight is 426 g/mol. The van der Waals surface area contributed by atoms with Gasteiger partial charge in [-0.25, -0.2) is 5.06 Å². The van der Waals surface area contributed by atoms with Gasteiger partial charge in [0.15, 0.2) is 0 Å². The molecule has 1 rings (SSSR count). The molecular formula is C22H39N3O5. The van der Waals surface area contributed by atoms with Crippen LogP contribution in [-0.4, -0.2) is 64.9 Å². The van der Waals surface area contributed by atoms with E-state index in [0.29, 0.717) is 37.4 Å². The molecule has 0 radical (unpaired) electrons. The second kappa shape index (κ2) is 12.0. The Hall–Kier alpha value is -1.96. The molecule has 8 nitrogen and oxygen atoms in total. The highest BCUT2D eigenvalue weighted by molar-refractivity contribution is 5.89. The number of hydrogen-bond acceptors (Lipinski definition) is 5. The summed E-state index contributed by atoms with van der Waals surface area (Å²) in [6, 6.07) is -0.726. The van der Waals surface area contributed by atoms with Crippen molar-refractivity contribution in [2.45, 2.75) is 79.2 Å². The lowest BCUT2D eigenvalue weighted by Crippen LogP contribution is -2.57. The van der Waals surface area contributed by atoms with Crippen LogP contribution in [0, 0.1) is 17.3 Å². The predicted molar refractivity (Wildman–Crippen MR) is 114 cm³/mol. The minimum Gasteiger partial charge on any atom is -0.344 e. The first-order valence-corrected chi connectivity index (χ1v) is 11.0. The van der Waals surface area contributed by atoms with E-state index in [0.717, 1.165) is 19.3 Å². The number of carbonyl (C=O) groups excluding carboxylic acids is 4. The van der Waals surface area contributed by atoms with E-state index in [9.17, 15) is 24.4 Å². The molecule has 1 saturated heterocycles.